The lowest BCUT2D eigenvalue weighted by atomic mass is 9.96. The molecule has 0 radical (unpaired) electrons. The third kappa shape index (κ3) is 3.56. The number of fused-ring (bicyclic) bond motifs is 1. The molecule has 3 heterocycles. The summed E-state index contributed by atoms with van der Waals surface area (Å²) >= 11 is 6.00. The summed E-state index contributed by atoms with van der Waals surface area (Å²) < 4.78 is 3.48. The van der Waals surface area contributed by atoms with Crippen LogP contribution >= 0.6 is 11.6 Å². The maximum absolute atomic E-state index is 12.0. The number of carbonyl (C=O) groups excluding carboxylic acids is 1. The molecule has 7 nitrogen and oxygen atoms in total. The monoisotopic (exact) mass is 442 g/mol. The number of hydrogen-bond acceptors (Lipinski definition) is 5. The smallest absolute Gasteiger partial charge is 0.179 e. The van der Waals surface area contributed by atoms with Gasteiger partial charge in [-0.2, -0.15) is 5.10 Å². The minimum absolute atomic E-state index is 0.492. The van der Waals surface area contributed by atoms with E-state index in [2.05, 4.69) is 20.4 Å². The van der Waals surface area contributed by atoms with Gasteiger partial charge in [-0.3, -0.25) is 9.48 Å². The van der Waals surface area contributed by atoms with Gasteiger partial charge in [0.1, 0.15) is 5.52 Å². The van der Waals surface area contributed by atoms with E-state index >= 15 is 0 Å². The molecule has 5 rings (SSSR count). The molecular weight excluding hydrogens is 424 g/mol. The molecule has 8 heteroatoms. The quantitative estimate of drug-likeness (QED) is 0.368. The number of hydrogen-bond donors (Lipinski definition) is 0. The highest BCUT2D eigenvalue weighted by Crippen LogP contribution is 2.33. The molecule has 0 fully saturated rings. The summed E-state index contributed by atoms with van der Waals surface area (Å²) in [6, 6.07) is 15.7. The van der Waals surface area contributed by atoms with Crippen molar-refractivity contribution in [2.45, 2.75) is 13.5 Å². The fraction of sp³-hybridized carbons (Fsp3) is 0.125. The van der Waals surface area contributed by atoms with E-state index in [4.69, 9.17) is 11.6 Å². The van der Waals surface area contributed by atoms with Gasteiger partial charge in [0, 0.05) is 35.0 Å². The number of nitrogens with zero attached hydrogens (tertiary/aromatic N) is 6. The van der Waals surface area contributed by atoms with Crippen molar-refractivity contribution in [1.29, 1.82) is 0 Å². The van der Waals surface area contributed by atoms with Crippen LogP contribution in [0, 0.1) is 6.92 Å². The van der Waals surface area contributed by atoms with Gasteiger partial charge < -0.3 is 0 Å². The first-order valence-electron chi connectivity index (χ1n) is 10.1. The van der Waals surface area contributed by atoms with Crippen LogP contribution in [0.3, 0.4) is 0 Å². The van der Waals surface area contributed by atoms with Gasteiger partial charge in [0.15, 0.2) is 11.9 Å². The largest absolute Gasteiger partial charge is 0.298 e. The summed E-state index contributed by atoms with van der Waals surface area (Å²) in [5, 5.41) is 13.6. The van der Waals surface area contributed by atoms with Crippen molar-refractivity contribution < 1.29 is 4.79 Å². The van der Waals surface area contributed by atoms with E-state index in [9.17, 15) is 4.79 Å². The summed E-state index contributed by atoms with van der Waals surface area (Å²) in [4.78, 5) is 16.6. The fourth-order valence-corrected chi connectivity index (χ4v) is 3.98. The first kappa shape index (κ1) is 20.1. The van der Waals surface area contributed by atoms with Crippen LogP contribution in [0.2, 0.25) is 5.02 Å². The Balaban J connectivity index is 1.60. The van der Waals surface area contributed by atoms with Crippen LogP contribution in [-0.4, -0.2) is 36.0 Å². The predicted octanol–water partition coefficient (Wildman–Crippen LogP) is 4.72. The molecule has 158 valence electrons. The third-order valence-electron chi connectivity index (χ3n) is 5.44. The second-order valence-corrected chi connectivity index (χ2v) is 8.07. The Hall–Kier alpha value is -3.84. The van der Waals surface area contributed by atoms with Crippen molar-refractivity contribution in [2.24, 2.45) is 7.05 Å². The Bertz CT molecular complexity index is 1430. The van der Waals surface area contributed by atoms with Crippen molar-refractivity contribution in [3.05, 3.63) is 82.8 Å². The van der Waals surface area contributed by atoms with Crippen molar-refractivity contribution in [1.82, 2.24) is 29.8 Å². The van der Waals surface area contributed by atoms with Gasteiger partial charge in [-0.05, 0) is 35.7 Å². The Morgan fingerprint density at radius 3 is 2.28 bits per heavy atom. The topological polar surface area (TPSA) is 78.5 Å². The molecule has 0 amide bonds. The molecule has 0 saturated heterocycles. The normalized spacial score (nSPS) is 11.2. The average molecular weight is 443 g/mol. The number of aldehydes is 1. The van der Waals surface area contributed by atoms with E-state index in [0.29, 0.717) is 34.0 Å². The minimum Gasteiger partial charge on any atom is -0.298 e. The zero-order chi connectivity index (χ0) is 22.2. The molecule has 5 aromatic rings. The van der Waals surface area contributed by atoms with E-state index in [0.717, 1.165) is 34.1 Å². The van der Waals surface area contributed by atoms with Crippen LogP contribution in [0.4, 0.5) is 0 Å². The molecule has 0 bridgehead atoms. The molecule has 0 aliphatic rings. The Morgan fingerprint density at radius 1 is 1.00 bits per heavy atom. The zero-order valence-electron chi connectivity index (χ0n) is 17.5. The molecule has 0 atom stereocenters. The lowest BCUT2D eigenvalue weighted by Crippen LogP contribution is -2.04. The van der Waals surface area contributed by atoms with Gasteiger partial charge in [-0.25, -0.2) is 9.67 Å². The predicted molar refractivity (Wildman–Crippen MR) is 124 cm³/mol. The Morgan fingerprint density at radius 2 is 1.66 bits per heavy atom. The van der Waals surface area contributed by atoms with Crippen LogP contribution in [-0.2, 0) is 13.6 Å². The van der Waals surface area contributed by atoms with E-state index < -0.39 is 0 Å². The number of aromatic nitrogens is 6. The van der Waals surface area contributed by atoms with Crippen LogP contribution in [0.15, 0.2) is 60.9 Å². The Kier molecular flexibility index (Phi) is 5.03. The van der Waals surface area contributed by atoms with Gasteiger partial charge in [-0.1, -0.05) is 53.2 Å². The van der Waals surface area contributed by atoms with Gasteiger partial charge in [0.2, 0.25) is 0 Å². The van der Waals surface area contributed by atoms with Crippen molar-refractivity contribution >= 4 is 29.1 Å². The molecule has 0 spiro atoms. The summed E-state index contributed by atoms with van der Waals surface area (Å²) in [5.41, 5.74) is 7.12. The number of rotatable bonds is 5. The highest BCUT2D eigenvalue weighted by Gasteiger charge is 2.19. The van der Waals surface area contributed by atoms with Crippen molar-refractivity contribution in [3.63, 3.8) is 0 Å². The maximum Gasteiger partial charge on any atom is 0.179 e. The van der Waals surface area contributed by atoms with Crippen LogP contribution in [0.1, 0.15) is 21.6 Å². The van der Waals surface area contributed by atoms with Crippen molar-refractivity contribution in [2.75, 3.05) is 0 Å². The molecule has 32 heavy (non-hydrogen) atoms. The molecule has 0 saturated carbocycles. The molecule has 0 N–H and O–H groups in total. The highest BCUT2D eigenvalue weighted by atomic mass is 35.5. The molecular formula is C24H19ClN6O. The lowest BCUT2D eigenvalue weighted by Gasteiger charge is -2.10. The first-order chi connectivity index (χ1) is 15.5. The van der Waals surface area contributed by atoms with Gasteiger partial charge >= 0.3 is 0 Å². The van der Waals surface area contributed by atoms with Crippen LogP contribution < -0.4 is 0 Å². The summed E-state index contributed by atoms with van der Waals surface area (Å²) in [6.07, 6.45) is 4.55. The van der Waals surface area contributed by atoms with E-state index in [1.54, 1.807) is 15.6 Å². The minimum atomic E-state index is 0.492. The Labute approximate surface area is 189 Å². The first-order valence-corrected chi connectivity index (χ1v) is 10.4. The molecule has 2 aromatic carbocycles. The van der Waals surface area contributed by atoms with E-state index in [1.165, 1.54) is 0 Å². The number of halogens is 1. The van der Waals surface area contributed by atoms with Crippen molar-refractivity contribution in [3.8, 4) is 22.3 Å². The summed E-state index contributed by atoms with van der Waals surface area (Å²) in [6.45, 7) is 2.32. The summed E-state index contributed by atoms with van der Waals surface area (Å²) in [5.74, 6) is 0. The number of pyridine rings is 1. The van der Waals surface area contributed by atoms with E-state index in [1.807, 2.05) is 68.7 Å². The maximum atomic E-state index is 12.0. The number of aryl methyl sites for hydroxylation is 2. The van der Waals surface area contributed by atoms with Crippen LogP contribution in [0.5, 0.6) is 0 Å². The van der Waals surface area contributed by atoms with Crippen LogP contribution in [0.25, 0.3) is 33.4 Å². The zero-order valence-corrected chi connectivity index (χ0v) is 18.3. The average Bonchev–Trinajstić information content (AvgIpc) is 3.39. The molecule has 3 aromatic heterocycles. The second kappa shape index (κ2) is 8.01. The van der Waals surface area contributed by atoms with Gasteiger partial charge in [-0.15, -0.1) is 5.10 Å². The third-order valence-corrected chi connectivity index (χ3v) is 5.69. The number of benzene rings is 2. The lowest BCUT2D eigenvalue weighted by molar-refractivity contribution is 0.112. The summed E-state index contributed by atoms with van der Waals surface area (Å²) in [7, 11) is 1.87. The highest BCUT2D eigenvalue weighted by molar-refractivity contribution is 6.30. The SMILES string of the molecule is Cc1nc2c(nnn2Cc2cnn(C)c2)c(-c2ccc(-c3ccc(Cl)cc3)cc2)c1C=O. The molecule has 0 aliphatic heterocycles. The fourth-order valence-electron chi connectivity index (χ4n) is 3.85. The molecule has 0 aliphatic carbocycles. The number of carbonyl (C=O) groups is 1. The van der Waals surface area contributed by atoms with Gasteiger partial charge in [0.05, 0.1) is 18.4 Å². The van der Waals surface area contributed by atoms with E-state index in [-0.39, 0.29) is 0 Å². The van der Waals surface area contributed by atoms with Gasteiger partial charge in [0.25, 0.3) is 0 Å². The second-order valence-electron chi connectivity index (χ2n) is 7.63. The molecule has 0 unspecified atom stereocenters. The standard InChI is InChI=1S/C24H19ClN6O/c1-15-21(14-32)22(19-5-3-17(4-6-19)18-7-9-20(25)10-8-18)23-24(27-15)31(29-28-23)13-16-11-26-30(2)12-16/h3-12,14H,13H2,1-2H3.